The summed E-state index contributed by atoms with van der Waals surface area (Å²) in [5.41, 5.74) is 6.40. The number of piperazine rings is 1. The lowest BCUT2D eigenvalue weighted by atomic mass is 9.89. The minimum Gasteiger partial charge on any atom is -0.486 e. The van der Waals surface area contributed by atoms with E-state index in [9.17, 15) is 4.79 Å². The van der Waals surface area contributed by atoms with E-state index < -0.39 is 0 Å². The van der Waals surface area contributed by atoms with Crippen LogP contribution >= 0.6 is 0 Å². The first-order valence-electron chi connectivity index (χ1n) is 14.5. The quantitative estimate of drug-likeness (QED) is 0.279. The van der Waals surface area contributed by atoms with Gasteiger partial charge in [0.1, 0.15) is 17.5 Å². The first-order chi connectivity index (χ1) is 20.6. The Morgan fingerprint density at radius 2 is 1.81 bits per heavy atom. The Bertz CT molecular complexity index is 1740. The van der Waals surface area contributed by atoms with Gasteiger partial charge in [0.25, 0.3) is 5.91 Å². The molecule has 1 unspecified atom stereocenters. The van der Waals surface area contributed by atoms with E-state index in [4.69, 9.17) is 9.72 Å². The fourth-order valence-electron chi connectivity index (χ4n) is 5.82. The molecule has 42 heavy (non-hydrogen) atoms. The van der Waals surface area contributed by atoms with Crippen molar-refractivity contribution in [1.29, 1.82) is 0 Å². The van der Waals surface area contributed by atoms with Gasteiger partial charge in [0.05, 0.1) is 11.4 Å². The van der Waals surface area contributed by atoms with Crippen molar-refractivity contribution in [3.05, 3.63) is 95.9 Å². The third kappa shape index (κ3) is 5.43. The van der Waals surface area contributed by atoms with Gasteiger partial charge in [-0.25, -0.2) is 9.97 Å². The fraction of sp³-hybridized carbons (Fsp3) is 0.273. The molecule has 2 aliphatic rings. The van der Waals surface area contributed by atoms with Crippen LogP contribution in [0.1, 0.15) is 40.6 Å². The zero-order valence-corrected chi connectivity index (χ0v) is 23.6. The van der Waals surface area contributed by atoms with Crippen molar-refractivity contribution in [2.75, 3.05) is 38.5 Å². The summed E-state index contributed by atoms with van der Waals surface area (Å²) in [6.07, 6.45) is 6.72. The minimum atomic E-state index is 0.0357. The second-order valence-electron chi connectivity index (χ2n) is 11.0. The Morgan fingerprint density at radius 3 is 2.71 bits per heavy atom. The number of anilines is 2. The Kier molecular flexibility index (Phi) is 7.01. The predicted octanol–water partition coefficient (Wildman–Crippen LogP) is 5.61. The van der Waals surface area contributed by atoms with Crippen LogP contribution in [-0.2, 0) is 6.42 Å². The van der Waals surface area contributed by atoms with Gasteiger partial charge in [0.15, 0.2) is 0 Å². The molecule has 212 valence electrons. The highest BCUT2D eigenvalue weighted by Crippen LogP contribution is 2.34. The molecule has 2 N–H and O–H groups in total. The number of rotatable bonds is 6. The third-order valence-electron chi connectivity index (χ3n) is 8.14. The summed E-state index contributed by atoms with van der Waals surface area (Å²) in [6.45, 7) is 3.26. The summed E-state index contributed by atoms with van der Waals surface area (Å²) in [5.74, 6) is 1.27. The van der Waals surface area contributed by atoms with E-state index in [-0.39, 0.29) is 12.0 Å². The SMILES string of the molecule is CN1CCN(C(=O)c2cc3cc(Nc4nccc(-c5cc(OC6CCCc7ccccc76)ccn5)n4)ccc3[nH]2)CC1. The van der Waals surface area contributed by atoms with Crippen LogP contribution in [-0.4, -0.2) is 68.9 Å². The van der Waals surface area contributed by atoms with E-state index in [1.807, 2.05) is 47.4 Å². The second-order valence-corrected chi connectivity index (χ2v) is 11.0. The number of H-pyrrole nitrogens is 1. The fourth-order valence-corrected chi connectivity index (χ4v) is 5.82. The van der Waals surface area contributed by atoms with Gasteiger partial charge in [-0.2, -0.15) is 0 Å². The van der Waals surface area contributed by atoms with Crippen molar-refractivity contribution in [1.82, 2.24) is 29.7 Å². The largest absolute Gasteiger partial charge is 0.486 e. The topological polar surface area (TPSA) is 99.3 Å². The normalized spacial score (nSPS) is 17.2. The van der Waals surface area contributed by atoms with Crippen molar-refractivity contribution < 1.29 is 9.53 Å². The Morgan fingerprint density at radius 1 is 0.952 bits per heavy atom. The highest BCUT2D eigenvalue weighted by atomic mass is 16.5. The molecule has 1 aliphatic heterocycles. The number of nitrogens with one attached hydrogen (secondary N) is 2. The number of benzene rings is 2. The lowest BCUT2D eigenvalue weighted by Crippen LogP contribution is -2.47. The van der Waals surface area contributed by atoms with Gasteiger partial charge in [0.2, 0.25) is 5.95 Å². The van der Waals surface area contributed by atoms with Gasteiger partial charge in [0, 0.05) is 61.2 Å². The van der Waals surface area contributed by atoms with Crippen LogP contribution < -0.4 is 10.1 Å². The Hall–Kier alpha value is -4.76. The number of likely N-dealkylation sites (N-methyl/N-ethyl adjacent to an activating group) is 1. The molecule has 1 atom stereocenters. The highest BCUT2D eigenvalue weighted by molar-refractivity contribution is 5.98. The maximum atomic E-state index is 13.0. The number of fused-ring (bicyclic) bond motifs is 2. The summed E-state index contributed by atoms with van der Waals surface area (Å²) >= 11 is 0. The molecule has 1 saturated heterocycles. The summed E-state index contributed by atoms with van der Waals surface area (Å²) in [4.78, 5) is 34.2. The molecular formula is C33H33N7O2. The molecule has 9 nitrogen and oxygen atoms in total. The zero-order chi connectivity index (χ0) is 28.5. The molecule has 0 saturated carbocycles. The first-order valence-corrected chi connectivity index (χ1v) is 14.5. The predicted molar refractivity (Wildman–Crippen MR) is 163 cm³/mol. The molecule has 1 fully saturated rings. The molecule has 5 aromatic rings. The van der Waals surface area contributed by atoms with Gasteiger partial charge in [-0.15, -0.1) is 0 Å². The van der Waals surface area contributed by atoms with E-state index in [1.165, 1.54) is 11.1 Å². The van der Waals surface area contributed by atoms with Gasteiger partial charge in [-0.3, -0.25) is 9.78 Å². The van der Waals surface area contributed by atoms with E-state index in [2.05, 4.69) is 56.5 Å². The Labute approximate surface area is 244 Å². The van der Waals surface area contributed by atoms with E-state index >= 15 is 0 Å². The van der Waals surface area contributed by atoms with Crippen molar-refractivity contribution in [3.63, 3.8) is 0 Å². The molecule has 1 amide bonds. The summed E-state index contributed by atoms with van der Waals surface area (Å²) in [6, 6.07) is 22.0. The maximum Gasteiger partial charge on any atom is 0.270 e. The zero-order valence-electron chi connectivity index (χ0n) is 23.6. The molecule has 3 aromatic heterocycles. The van der Waals surface area contributed by atoms with Gasteiger partial charge < -0.3 is 24.8 Å². The number of hydrogen-bond donors (Lipinski definition) is 2. The minimum absolute atomic E-state index is 0.0357. The van der Waals surface area contributed by atoms with Crippen LogP contribution in [0.4, 0.5) is 11.6 Å². The summed E-state index contributed by atoms with van der Waals surface area (Å²) in [5, 5.41) is 4.26. The van der Waals surface area contributed by atoms with E-state index in [1.54, 1.807) is 12.4 Å². The van der Waals surface area contributed by atoms with Gasteiger partial charge >= 0.3 is 0 Å². The number of pyridine rings is 1. The molecule has 9 heteroatoms. The molecule has 1 aliphatic carbocycles. The molecule has 7 rings (SSSR count). The molecule has 0 radical (unpaired) electrons. The van der Waals surface area contributed by atoms with Crippen molar-refractivity contribution >= 4 is 28.4 Å². The van der Waals surface area contributed by atoms with Crippen LogP contribution in [0.5, 0.6) is 5.75 Å². The number of ether oxygens (including phenoxy) is 1. The van der Waals surface area contributed by atoms with E-state index in [0.29, 0.717) is 17.3 Å². The first kappa shape index (κ1) is 26.2. The molecular weight excluding hydrogens is 526 g/mol. The maximum absolute atomic E-state index is 13.0. The Balaban J connectivity index is 1.07. The molecule has 0 spiro atoms. The number of aromatic nitrogens is 4. The number of aromatic amines is 1. The van der Waals surface area contributed by atoms with Crippen molar-refractivity contribution in [2.24, 2.45) is 0 Å². The van der Waals surface area contributed by atoms with Gasteiger partial charge in [-0.05, 0) is 73.8 Å². The van der Waals surface area contributed by atoms with Crippen LogP contribution in [0.25, 0.3) is 22.3 Å². The van der Waals surface area contributed by atoms with Crippen LogP contribution in [0.3, 0.4) is 0 Å². The number of aryl methyl sites for hydroxylation is 1. The number of carbonyl (C=O) groups is 1. The second kappa shape index (κ2) is 11.3. The highest BCUT2D eigenvalue weighted by Gasteiger charge is 2.23. The lowest BCUT2D eigenvalue weighted by Gasteiger charge is -2.32. The van der Waals surface area contributed by atoms with Crippen LogP contribution in [0, 0.1) is 0 Å². The molecule has 2 aromatic carbocycles. The average molecular weight is 560 g/mol. The van der Waals surface area contributed by atoms with Crippen molar-refractivity contribution in [2.45, 2.75) is 25.4 Å². The van der Waals surface area contributed by atoms with Crippen molar-refractivity contribution in [3.8, 4) is 17.1 Å². The monoisotopic (exact) mass is 559 g/mol. The standard InChI is InChI=1S/C33H33N7O2/c1-39-15-17-40(18-16-39)32(41)30-20-23-19-24(9-10-27(23)37-30)36-33-35-14-12-28(38-33)29-21-25(11-13-34-29)42-31-8-4-6-22-5-2-3-7-26(22)31/h2-3,5,7,9-14,19-21,31,37H,4,6,8,15-18H2,1H3,(H,35,36,38). The number of hydrogen-bond acceptors (Lipinski definition) is 7. The molecule has 0 bridgehead atoms. The number of amides is 1. The third-order valence-corrected chi connectivity index (χ3v) is 8.14. The molecule has 4 heterocycles. The van der Waals surface area contributed by atoms with Gasteiger partial charge in [-0.1, -0.05) is 24.3 Å². The average Bonchev–Trinajstić information content (AvgIpc) is 3.45. The summed E-state index contributed by atoms with van der Waals surface area (Å²) < 4.78 is 6.44. The summed E-state index contributed by atoms with van der Waals surface area (Å²) in [7, 11) is 2.08. The van der Waals surface area contributed by atoms with Crippen LogP contribution in [0.2, 0.25) is 0 Å². The lowest BCUT2D eigenvalue weighted by molar-refractivity contribution is 0.0659. The van der Waals surface area contributed by atoms with E-state index in [0.717, 1.165) is 73.5 Å². The number of nitrogens with zero attached hydrogens (tertiary/aromatic N) is 5. The van der Waals surface area contributed by atoms with Crippen LogP contribution in [0.15, 0.2) is 79.1 Å². The number of carbonyl (C=O) groups excluding carboxylic acids is 1. The smallest absolute Gasteiger partial charge is 0.270 e.